The average molecular weight is 309 g/mol. The van der Waals surface area contributed by atoms with E-state index in [1.54, 1.807) is 0 Å². The number of halogens is 1. The van der Waals surface area contributed by atoms with Gasteiger partial charge in [-0.25, -0.2) is 9.97 Å². The van der Waals surface area contributed by atoms with Gasteiger partial charge in [-0.05, 0) is 43.7 Å². The van der Waals surface area contributed by atoms with Crippen LogP contribution in [0, 0.1) is 6.92 Å². The van der Waals surface area contributed by atoms with Crippen LogP contribution in [0.2, 0.25) is 0 Å². The van der Waals surface area contributed by atoms with Crippen molar-refractivity contribution in [1.29, 1.82) is 0 Å². The van der Waals surface area contributed by atoms with Crippen LogP contribution >= 0.6 is 0 Å². The van der Waals surface area contributed by atoms with Crippen LogP contribution in [0.15, 0.2) is 46.9 Å². The van der Waals surface area contributed by atoms with Crippen LogP contribution in [0.3, 0.4) is 0 Å². The second kappa shape index (κ2) is 5.50. The van der Waals surface area contributed by atoms with Gasteiger partial charge in [-0.2, -0.15) is 0 Å². The molecular weight excluding hydrogens is 293 g/mol. The lowest BCUT2D eigenvalue weighted by atomic mass is 10.2. The van der Waals surface area contributed by atoms with E-state index in [0.29, 0.717) is 18.9 Å². The monoisotopic (exact) mass is 309 g/mol. The van der Waals surface area contributed by atoms with Gasteiger partial charge in [0.15, 0.2) is 5.58 Å². The van der Waals surface area contributed by atoms with E-state index in [-0.39, 0.29) is 6.67 Å². The van der Waals surface area contributed by atoms with Gasteiger partial charge >= 0.3 is 0 Å². The molecule has 0 fully saturated rings. The Kier molecular flexibility index (Phi) is 3.33. The topological polar surface area (TPSA) is 43.9 Å². The predicted molar refractivity (Wildman–Crippen MR) is 88.1 cm³/mol. The number of nitrogens with zero attached hydrogens (tertiary/aromatic N) is 3. The Bertz CT molecular complexity index is 953. The molecule has 4 rings (SSSR count). The van der Waals surface area contributed by atoms with E-state index in [1.807, 2.05) is 54.0 Å². The van der Waals surface area contributed by atoms with Crippen LogP contribution < -0.4 is 0 Å². The van der Waals surface area contributed by atoms with E-state index in [0.717, 1.165) is 33.5 Å². The van der Waals surface area contributed by atoms with Gasteiger partial charge in [-0.3, -0.25) is 4.39 Å². The Balaban J connectivity index is 1.79. The predicted octanol–water partition coefficient (Wildman–Crippen LogP) is 4.51. The summed E-state index contributed by atoms with van der Waals surface area (Å²) in [6.45, 7) is 2.26. The molecule has 0 radical (unpaired) electrons. The van der Waals surface area contributed by atoms with Gasteiger partial charge in [0.1, 0.15) is 11.3 Å². The maximum atomic E-state index is 12.4. The zero-order valence-electron chi connectivity index (χ0n) is 12.8. The first kappa shape index (κ1) is 13.9. The number of para-hydroxylation sites is 2. The first-order chi connectivity index (χ1) is 11.3. The van der Waals surface area contributed by atoms with Crippen molar-refractivity contribution in [2.45, 2.75) is 19.9 Å². The Labute approximate surface area is 132 Å². The molecule has 2 aromatic heterocycles. The van der Waals surface area contributed by atoms with Crippen molar-refractivity contribution < 1.29 is 8.81 Å². The third-order valence-electron chi connectivity index (χ3n) is 4.00. The van der Waals surface area contributed by atoms with Gasteiger partial charge in [0.2, 0.25) is 5.89 Å². The van der Waals surface area contributed by atoms with E-state index in [1.165, 1.54) is 0 Å². The van der Waals surface area contributed by atoms with Crippen molar-refractivity contribution in [1.82, 2.24) is 14.5 Å². The molecule has 0 spiro atoms. The SMILES string of the molecule is Cc1nc2cc(-c3nc4ccccc4o3)ccc2n1CCCF. The summed E-state index contributed by atoms with van der Waals surface area (Å²) < 4.78 is 20.3. The van der Waals surface area contributed by atoms with Gasteiger partial charge in [0, 0.05) is 12.1 Å². The first-order valence-corrected chi connectivity index (χ1v) is 7.65. The average Bonchev–Trinajstić information content (AvgIpc) is 3.12. The molecule has 0 amide bonds. The molecule has 5 heteroatoms. The number of benzene rings is 2. The van der Waals surface area contributed by atoms with Crippen LogP contribution in [0.5, 0.6) is 0 Å². The van der Waals surface area contributed by atoms with Crippen molar-refractivity contribution in [2.75, 3.05) is 6.67 Å². The maximum Gasteiger partial charge on any atom is 0.227 e. The number of oxazole rings is 1. The van der Waals surface area contributed by atoms with E-state index in [4.69, 9.17) is 4.42 Å². The zero-order valence-corrected chi connectivity index (χ0v) is 12.8. The maximum absolute atomic E-state index is 12.4. The van der Waals surface area contributed by atoms with Crippen molar-refractivity contribution in [3.8, 4) is 11.5 Å². The molecule has 4 aromatic rings. The normalized spacial score (nSPS) is 11.6. The van der Waals surface area contributed by atoms with E-state index >= 15 is 0 Å². The second-order valence-electron chi connectivity index (χ2n) is 5.54. The minimum Gasteiger partial charge on any atom is -0.436 e. The molecule has 2 heterocycles. The summed E-state index contributed by atoms with van der Waals surface area (Å²) >= 11 is 0. The number of imidazole rings is 1. The van der Waals surface area contributed by atoms with Crippen LogP contribution in [0.4, 0.5) is 4.39 Å². The number of rotatable bonds is 4. The van der Waals surface area contributed by atoms with Crippen molar-refractivity contribution in [3.05, 3.63) is 48.3 Å². The lowest BCUT2D eigenvalue weighted by Gasteiger charge is -2.04. The summed E-state index contributed by atoms with van der Waals surface area (Å²) in [5.41, 5.74) is 4.39. The van der Waals surface area contributed by atoms with Crippen molar-refractivity contribution in [2.24, 2.45) is 0 Å². The first-order valence-electron chi connectivity index (χ1n) is 7.65. The Morgan fingerprint density at radius 2 is 1.96 bits per heavy atom. The zero-order chi connectivity index (χ0) is 15.8. The molecule has 116 valence electrons. The van der Waals surface area contributed by atoms with Crippen molar-refractivity contribution >= 4 is 22.1 Å². The highest BCUT2D eigenvalue weighted by Crippen LogP contribution is 2.27. The van der Waals surface area contributed by atoms with Gasteiger partial charge in [-0.1, -0.05) is 12.1 Å². The lowest BCUT2D eigenvalue weighted by Crippen LogP contribution is -2.00. The van der Waals surface area contributed by atoms with Crippen molar-refractivity contribution in [3.63, 3.8) is 0 Å². The van der Waals surface area contributed by atoms with Crippen LogP contribution in [0.1, 0.15) is 12.2 Å². The highest BCUT2D eigenvalue weighted by atomic mass is 19.1. The molecule has 0 unspecified atom stereocenters. The molecule has 0 bridgehead atoms. The summed E-state index contributed by atoms with van der Waals surface area (Å²) in [5.74, 6) is 1.48. The Morgan fingerprint density at radius 3 is 2.78 bits per heavy atom. The number of aryl methyl sites for hydroxylation is 2. The third-order valence-corrected chi connectivity index (χ3v) is 4.00. The number of fused-ring (bicyclic) bond motifs is 2. The second-order valence-corrected chi connectivity index (χ2v) is 5.54. The third kappa shape index (κ3) is 2.38. The van der Waals surface area contributed by atoms with Gasteiger partial charge in [0.05, 0.1) is 17.7 Å². The molecule has 0 saturated heterocycles. The summed E-state index contributed by atoms with van der Waals surface area (Å²) in [6, 6.07) is 13.6. The quantitative estimate of drug-likeness (QED) is 0.557. The van der Waals surface area contributed by atoms with E-state index in [2.05, 4.69) is 9.97 Å². The number of aromatic nitrogens is 3. The van der Waals surface area contributed by atoms with Crippen LogP contribution in [-0.4, -0.2) is 21.2 Å². The number of hydrogen-bond donors (Lipinski definition) is 0. The summed E-state index contributed by atoms with van der Waals surface area (Å²) in [6.07, 6.45) is 0.499. The fraction of sp³-hybridized carbons (Fsp3) is 0.222. The van der Waals surface area contributed by atoms with Gasteiger partial charge in [0.25, 0.3) is 0 Å². The molecule has 0 aliphatic carbocycles. The highest BCUT2D eigenvalue weighted by Gasteiger charge is 2.12. The minimum absolute atomic E-state index is 0.319. The summed E-state index contributed by atoms with van der Waals surface area (Å²) in [4.78, 5) is 9.09. The molecule has 0 N–H and O–H groups in total. The fourth-order valence-electron chi connectivity index (χ4n) is 2.88. The minimum atomic E-state index is -0.319. The summed E-state index contributed by atoms with van der Waals surface area (Å²) in [5, 5.41) is 0. The van der Waals surface area contributed by atoms with E-state index in [9.17, 15) is 4.39 Å². The van der Waals surface area contributed by atoms with Gasteiger partial charge in [-0.15, -0.1) is 0 Å². The molecular formula is C18H16FN3O. The molecule has 4 nitrogen and oxygen atoms in total. The molecule has 0 aliphatic rings. The van der Waals surface area contributed by atoms with E-state index < -0.39 is 0 Å². The summed E-state index contributed by atoms with van der Waals surface area (Å²) in [7, 11) is 0. The lowest BCUT2D eigenvalue weighted by molar-refractivity contribution is 0.447. The number of hydrogen-bond acceptors (Lipinski definition) is 3. The smallest absolute Gasteiger partial charge is 0.227 e. The van der Waals surface area contributed by atoms with Crippen LogP contribution in [0.25, 0.3) is 33.6 Å². The standard InChI is InChI=1S/C18H16FN3O/c1-12-20-15-11-13(7-8-16(15)22(12)10-4-9-19)18-21-14-5-2-3-6-17(14)23-18/h2-3,5-8,11H,4,9-10H2,1H3. The fourth-order valence-corrected chi connectivity index (χ4v) is 2.88. The van der Waals surface area contributed by atoms with Gasteiger partial charge < -0.3 is 8.98 Å². The molecule has 23 heavy (non-hydrogen) atoms. The molecule has 0 atom stereocenters. The largest absolute Gasteiger partial charge is 0.436 e. The molecule has 0 saturated carbocycles. The molecule has 0 aliphatic heterocycles. The van der Waals surface area contributed by atoms with Crippen LogP contribution in [-0.2, 0) is 6.54 Å². The Morgan fingerprint density at radius 1 is 1.09 bits per heavy atom. The molecule has 2 aromatic carbocycles. The Hall–Kier alpha value is -2.69. The highest BCUT2D eigenvalue weighted by molar-refractivity contribution is 5.83. The number of alkyl halides is 1.